The molecule has 0 bridgehead atoms. The van der Waals surface area contributed by atoms with Crippen LogP contribution in [-0.4, -0.2) is 44.7 Å². The standard InChI is InChI=1S/C14H21N3O3/c1-14(2,3)20-13(19)11-6-4-9-17(11)12(18)10-16-8-5-7-15-16/h5,7-8,11H,4,6,9-10H2,1-3H3/t11-/m0/s1. The summed E-state index contributed by atoms with van der Waals surface area (Å²) in [5.41, 5.74) is -0.531. The number of amides is 1. The number of hydrogen-bond donors (Lipinski definition) is 0. The molecule has 20 heavy (non-hydrogen) atoms. The van der Waals surface area contributed by atoms with Crippen LogP contribution in [0.25, 0.3) is 0 Å². The molecule has 0 saturated carbocycles. The third-order valence-electron chi connectivity index (χ3n) is 3.11. The summed E-state index contributed by atoms with van der Waals surface area (Å²) in [6.45, 7) is 6.25. The fourth-order valence-corrected chi connectivity index (χ4v) is 2.30. The summed E-state index contributed by atoms with van der Waals surface area (Å²) in [5, 5.41) is 4.01. The van der Waals surface area contributed by atoms with Crippen LogP contribution >= 0.6 is 0 Å². The maximum Gasteiger partial charge on any atom is 0.329 e. The fourth-order valence-electron chi connectivity index (χ4n) is 2.30. The van der Waals surface area contributed by atoms with Gasteiger partial charge in [0.2, 0.25) is 5.91 Å². The predicted molar refractivity (Wildman–Crippen MR) is 72.8 cm³/mol. The molecule has 6 nitrogen and oxygen atoms in total. The zero-order valence-corrected chi connectivity index (χ0v) is 12.2. The molecule has 1 aliphatic heterocycles. The van der Waals surface area contributed by atoms with Crippen LogP contribution in [0.15, 0.2) is 18.5 Å². The van der Waals surface area contributed by atoms with Gasteiger partial charge in [-0.15, -0.1) is 0 Å². The van der Waals surface area contributed by atoms with Gasteiger partial charge in [-0.25, -0.2) is 4.79 Å². The summed E-state index contributed by atoms with van der Waals surface area (Å²) in [4.78, 5) is 26.0. The molecule has 1 aliphatic rings. The molecular weight excluding hydrogens is 258 g/mol. The third-order valence-corrected chi connectivity index (χ3v) is 3.11. The van der Waals surface area contributed by atoms with E-state index in [1.807, 2.05) is 20.8 Å². The van der Waals surface area contributed by atoms with Gasteiger partial charge in [0.05, 0.1) is 0 Å². The van der Waals surface area contributed by atoms with Crippen molar-refractivity contribution in [3.05, 3.63) is 18.5 Å². The number of aromatic nitrogens is 2. The van der Waals surface area contributed by atoms with Crippen molar-refractivity contribution < 1.29 is 14.3 Å². The van der Waals surface area contributed by atoms with E-state index in [2.05, 4.69) is 5.10 Å². The van der Waals surface area contributed by atoms with Gasteiger partial charge in [0, 0.05) is 18.9 Å². The first-order valence-electron chi connectivity index (χ1n) is 6.86. The molecule has 1 fully saturated rings. The van der Waals surface area contributed by atoms with Crippen LogP contribution in [0.3, 0.4) is 0 Å². The predicted octanol–water partition coefficient (Wildman–Crippen LogP) is 1.22. The molecule has 0 aromatic carbocycles. The van der Waals surface area contributed by atoms with E-state index >= 15 is 0 Å². The van der Waals surface area contributed by atoms with Crippen LogP contribution < -0.4 is 0 Å². The van der Waals surface area contributed by atoms with Gasteiger partial charge >= 0.3 is 5.97 Å². The molecule has 0 aliphatic carbocycles. The number of nitrogens with zero attached hydrogens (tertiary/aromatic N) is 3. The first-order chi connectivity index (χ1) is 9.37. The molecular formula is C14H21N3O3. The smallest absolute Gasteiger partial charge is 0.329 e. The van der Waals surface area contributed by atoms with E-state index in [1.54, 1.807) is 28.0 Å². The van der Waals surface area contributed by atoms with Gasteiger partial charge in [0.1, 0.15) is 18.2 Å². The lowest BCUT2D eigenvalue weighted by molar-refractivity contribution is -0.163. The molecule has 1 atom stereocenters. The van der Waals surface area contributed by atoms with Crippen molar-refractivity contribution in [2.75, 3.05) is 6.54 Å². The highest BCUT2D eigenvalue weighted by Crippen LogP contribution is 2.21. The first-order valence-corrected chi connectivity index (χ1v) is 6.86. The Morgan fingerprint density at radius 1 is 1.40 bits per heavy atom. The highest BCUT2D eigenvalue weighted by atomic mass is 16.6. The van der Waals surface area contributed by atoms with Gasteiger partial charge in [-0.3, -0.25) is 9.48 Å². The zero-order valence-electron chi connectivity index (χ0n) is 12.2. The topological polar surface area (TPSA) is 64.4 Å². The van der Waals surface area contributed by atoms with E-state index in [-0.39, 0.29) is 18.4 Å². The van der Waals surface area contributed by atoms with Gasteiger partial charge in [-0.05, 0) is 39.7 Å². The van der Waals surface area contributed by atoms with Crippen molar-refractivity contribution in [2.45, 2.75) is 51.8 Å². The third kappa shape index (κ3) is 3.59. The zero-order chi connectivity index (χ0) is 14.8. The van der Waals surface area contributed by atoms with Crippen molar-refractivity contribution in [1.82, 2.24) is 14.7 Å². The molecule has 0 spiro atoms. The van der Waals surface area contributed by atoms with E-state index in [0.29, 0.717) is 13.0 Å². The molecule has 0 N–H and O–H groups in total. The van der Waals surface area contributed by atoms with Crippen molar-refractivity contribution in [3.63, 3.8) is 0 Å². The summed E-state index contributed by atoms with van der Waals surface area (Å²) in [5.74, 6) is -0.411. The SMILES string of the molecule is CC(C)(C)OC(=O)[C@@H]1CCCN1C(=O)Cn1cccn1. The monoisotopic (exact) mass is 279 g/mol. The Morgan fingerprint density at radius 3 is 2.75 bits per heavy atom. The molecule has 1 aromatic rings. The summed E-state index contributed by atoms with van der Waals surface area (Å²) in [6.07, 6.45) is 4.85. The molecule has 1 aromatic heterocycles. The Kier molecular flexibility index (Phi) is 4.11. The molecule has 0 unspecified atom stereocenters. The molecule has 1 saturated heterocycles. The molecule has 2 rings (SSSR count). The Morgan fingerprint density at radius 2 is 2.15 bits per heavy atom. The van der Waals surface area contributed by atoms with Gasteiger partial charge in [0.15, 0.2) is 0 Å². The fraction of sp³-hybridized carbons (Fsp3) is 0.643. The molecule has 0 radical (unpaired) electrons. The minimum atomic E-state index is -0.531. The summed E-state index contributed by atoms with van der Waals surface area (Å²) < 4.78 is 6.94. The maximum atomic E-state index is 12.3. The number of likely N-dealkylation sites (tertiary alicyclic amines) is 1. The minimum absolute atomic E-state index is 0.0953. The Bertz CT molecular complexity index is 476. The number of carbonyl (C=O) groups excluding carboxylic acids is 2. The highest BCUT2D eigenvalue weighted by molar-refractivity contribution is 5.85. The van der Waals surface area contributed by atoms with Crippen LogP contribution in [0.1, 0.15) is 33.6 Å². The Labute approximate surface area is 118 Å². The van der Waals surface area contributed by atoms with E-state index in [1.165, 1.54) is 0 Å². The largest absolute Gasteiger partial charge is 0.458 e. The summed E-state index contributed by atoms with van der Waals surface area (Å²) in [7, 11) is 0. The van der Waals surface area contributed by atoms with Gasteiger partial charge in [-0.2, -0.15) is 5.10 Å². The van der Waals surface area contributed by atoms with Crippen molar-refractivity contribution in [2.24, 2.45) is 0 Å². The van der Waals surface area contributed by atoms with E-state index < -0.39 is 11.6 Å². The van der Waals surface area contributed by atoms with Crippen LogP contribution in [-0.2, 0) is 20.9 Å². The van der Waals surface area contributed by atoms with Crippen molar-refractivity contribution >= 4 is 11.9 Å². The van der Waals surface area contributed by atoms with Crippen LogP contribution in [0.4, 0.5) is 0 Å². The lowest BCUT2D eigenvalue weighted by Crippen LogP contribution is -2.44. The Hall–Kier alpha value is -1.85. The molecule has 1 amide bonds. The minimum Gasteiger partial charge on any atom is -0.458 e. The number of rotatable bonds is 3. The van der Waals surface area contributed by atoms with Crippen molar-refractivity contribution in [3.8, 4) is 0 Å². The second-order valence-corrected chi connectivity index (χ2v) is 5.98. The van der Waals surface area contributed by atoms with E-state index in [0.717, 1.165) is 6.42 Å². The first kappa shape index (κ1) is 14.6. The normalized spacial score (nSPS) is 19.1. The number of esters is 1. The van der Waals surface area contributed by atoms with Crippen LogP contribution in [0, 0.1) is 0 Å². The van der Waals surface area contributed by atoms with Crippen LogP contribution in [0.2, 0.25) is 0 Å². The van der Waals surface area contributed by atoms with Gasteiger partial charge in [0.25, 0.3) is 0 Å². The number of carbonyl (C=O) groups is 2. The van der Waals surface area contributed by atoms with Crippen LogP contribution in [0.5, 0.6) is 0 Å². The average molecular weight is 279 g/mol. The highest BCUT2D eigenvalue weighted by Gasteiger charge is 2.36. The van der Waals surface area contributed by atoms with E-state index in [4.69, 9.17) is 4.74 Å². The average Bonchev–Trinajstić information content (AvgIpc) is 2.96. The second kappa shape index (κ2) is 5.64. The number of ether oxygens (including phenoxy) is 1. The maximum absolute atomic E-state index is 12.3. The number of hydrogen-bond acceptors (Lipinski definition) is 4. The second-order valence-electron chi connectivity index (χ2n) is 5.98. The molecule has 2 heterocycles. The summed E-state index contributed by atoms with van der Waals surface area (Å²) in [6, 6.07) is 1.31. The van der Waals surface area contributed by atoms with Gasteiger partial charge in [-0.1, -0.05) is 0 Å². The molecule has 110 valence electrons. The van der Waals surface area contributed by atoms with E-state index in [9.17, 15) is 9.59 Å². The lowest BCUT2D eigenvalue weighted by Gasteiger charge is -2.27. The lowest BCUT2D eigenvalue weighted by atomic mass is 10.1. The van der Waals surface area contributed by atoms with Gasteiger partial charge < -0.3 is 9.64 Å². The Balaban J connectivity index is 1.99. The molecule has 6 heteroatoms. The quantitative estimate of drug-likeness (QED) is 0.780. The van der Waals surface area contributed by atoms with Crippen molar-refractivity contribution in [1.29, 1.82) is 0 Å². The summed E-state index contributed by atoms with van der Waals surface area (Å²) >= 11 is 0.